The van der Waals surface area contributed by atoms with Gasteiger partial charge in [-0.1, -0.05) is 42.0 Å². The van der Waals surface area contributed by atoms with Crippen molar-refractivity contribution in [3.05, 3.63) is 65.0 Å². The first-order valence-corrected chi connectivity index (χ1v) is 6.73. The molecule has 0 heterocycles. The van der Waals surface area contributed by atoms with Gasteiger partial charge in [-0.05, 0) is 37.1 Å². The molecule has 0 bridgehead atoms. The summed E-state index contributed by atoms with van der Waals surface area (Å²) in [5.41, 5.74) is 8.84. The van der Waals surface area contributed by atoms with Crippen molar-refractivity contribution in [1.82, 2.24) is 0 Å². The highest BCUT2D eigenvalue weighted by Gasteiger charge is 2.15. The summed E-state index contributed by atoms with van der Waals surface area (Å²) in [6, 6.07) is 13.5. The van der Waals surface area contributed by atoms with E-state index >= 15 is 0 Å². The number of nitrogens with two attached hydrogens (primary N) is 1. The van der Waals surface area contributed by atoms with Gasteiger partial charge in [0.15, 0.2) is 11.6 Å². The lowest BCUT2D eigenvalue weighted by molar-refractivity contribution is 0.383. The molecule has 0 saturated heterocycles. The van der Waals surface area contributed by atoms with Crippen LogP contribution < -0.4 is 10.5 Å². The third-order valence-electron chi connectivity index (χ3n) is 3.56. The third kappa shape index (κ3) is 3.17. The van der Waals surface area contributed by atoms with Crippen LogP contribution >= 0.6 is 0 Å². The molecular formula is C17H20FNO. The normalized spacial score (nSPS) is 12.2. The summed E-state index contributed by atoms with van der Waals surface area (Å²) < 4.78 is 19.2. The molecule has 0 fully saturated rings. The monoisotopic (exact) mass is 273 g/mol. The summed E-state index contributed by atoms with van der Waals surface area (Å²) in [4.78, 5) is 0. The smallest absolute Gasteiger partial charge is 0.168 e. The Morgan fingerprint density at radius 2 is 1.85 bits per heavy atom. The fourth-order valence-corrected chi connectivity index (χ4v) is 2.31. The predicted octanol–water partition coefficient (Wildman–Crippen LogP) is 3.43. The van der Waals surface area contributed by atoms with E-state index in [-0.39, 0.29) is 17.5 Å². The first-order valence-electron chi connectivity index (χ1n) is 6.73. The van der Waals surface area contributed by atoms with E-state index in [2.05, 4.69) is 24.3 Å². The number of hydrogen-bond donors (Lipinski definition) is 1. The zero-order valence-corrected chi connectivity index (χ0v) is 11.9. The maximum atomic E-state index is 14.2. The maximum absolute atomic E-state index is 14.2. The molecule has 20 heavy (non-hydrogen) atoms. The molecule has 1 unspecified atom stereocenters. The lowest BCUT2D eigenvalue weighted by Crippen LogP contribution is -2.15. The molecule has 2 aromatic rings. The van der Waals surface area contributed by atoms with Gasteiger partial charge in [-0.15, -0.1) is 0 Å². The molecule has 2 aromatic carbocycles. The first-order chi connectivity index (χ1) is 9.65. The van der Waals surface area contributed by atoms with E-state index in [1.807, 2.05) is 6.92 Å². The van der Waals surface area contributed by atoms with Gasteiger partial charge in [0.1, 0.15) is 0 Å². The van der Waals surface area contributed by atoms with Crippen LogP contribution in [0.15, 0.2) is 42.5 Å². The topological polar surface area (TPSA) is 35.2 Å². The molecule has 0 aliphatic rings. The van der Waals surface area contributed by atoms with Crippen molar-refractivity contribution in [1.29, 1.82) is 0 Å². The van der Waals surface area contributed by atoms with Crippen LogP contribution in [-0.2, 0) is 6.42 Å². The summed E-state index contributed by atoms with van der Waals surface area (Å²) in [5.74, 6) is 0.0972. The van der Waals surface area contributed by atoms with E-state index in [0.717, 1.165) is 5.56 Å². The Hall–Kier alpha value is -1.87. The van der Waals surface area contributed by atoms with E-state index in [1.54, 1.807) is 18.2 Å². The van der Waals surface area contributed by atoms with Crippen molar-refractivity contribution in [2.45, 2.75) is 19.3 Å². The standard InChI is InChI=1S/C17H20FNO/c1-12-6-8-13(9-7-12)15(11-19)10-14-4-3-5-16(20-2)17(14)18/h3-9,15H,10-11,19H2,1-2H3. The SMILES string of the molecule is COc1cccc(CC(CN)c2ccc(C)cc2)c1F. The van der Waals surface area contributed by atoms with Crippen LogP contribution in [0.2, 0.25) is 0 Å². The minimum atomic E-state index is -0.291. The van der Waals surface area contributed by atoms with Crippen molar-refractivity contribution >= 4 is 0 Å². The molecule has 2 nitrogen and oxygen atoms in total. The largest absolute Gasteiger partial charge is 0.494 e. The van der Waals surface area contributed by atoms with E-state index in [9.17, 15) is 4.39 Å². The summed E-state index contributed by atoms with van der Waals surface area (Å²) >= 11 is 0. The molecule has 2 N–H and O–H groups in total. The number of methoxy groups -OCH3 is 1. The Bertz CT molecular complexity index is 566. The minimum absolute atomic E-state index is 0.109. The lowest BCUT2D eigenvalue weighted by Gasteiger charge is -2.17. The van der Waals surface area contributed by atoms with Crippen molar-refractivity contribution in [3.63, 3.8) is 0 Å². The Morgan fingerprint density at radius 1 is 1.15 bits per heavy atom. The molecule has 0 spiro atoms. The highest BCUT2D eigenvalue weighted by molar-refractivity contribution is 5.33. The van der Waals surface area contributed by atoms with Gasteiger partial charge in [-0.3, -0.25) is 0 Å². The Labute approximate surface area is 119 Å². The van der Waals surface area contributed by atoms with Crippen LogP contribution in [0.3, 0.4) is 0 Å². The fourth-order valence-electron chi connectivity index (χ4n) is 2.31. The van der Waals surface area contributed by atoms with Crippen molar-refractivity contribution in [3.8, 4) is 5.75 Å². The van der Waals surface area contributed by atoms with Gasteiger partial charge < -0.3 is 10.5 Å². The molecule has 2 rings (SSSR count). The molecule has 106 valence electrons. The second kappa shape index (κ2) is 6.53. The maximum Gasteiger partial charge on any atom is 0.168 e. The first kappa shape index (κ1) is 14.5. The average Bonchev–Trinajstić information content (AvgIpc) is 2.47. The minimum Gasteiger partial charge on any atom is -0.494 e. The Morgan fingerprint density at radius 3 is 2.45 bits per heavy atom. The molecule has 1 atom stereocenters. The van der Waals surface area contributed by atoms with Gasteiger partial charge in [0.2, 0.25) is 0 Å². The zero-order chi connectivity index (χ0) is 14.5. The summed E-state index contributed by atoms with van der Waals surface area (Å²) in [7, 11) is 1.47. The highest BCUT2D eigenvalue weighted by atomic mass is 19.1. The van der Waals surface area contributed by atoms with Gasteiger partial charge in [-0.2, -0.15) is 0 Å². The molecule has 3 heteroatoms. The van der Waals surface area contributed by atoms with Crippen LogP contribution in [0.5, 0.6) is 5.75 Å². The van der Waals surface area contributed by atoms with Crippen LogP contribution in [-0.4, -0.2) is 13.7 Å². The van der Waals surface area contributed by atoms with E-state index in [4.69, 9.17) is 10.5 Å². The third-order valence-corrected chi connectivity index (χ3v) is 3.56. The van der Waals surface area contributed by atoms with Crippen LogP contribution in [0.1, 0.15) is 22.6 Å². The summed E-state index contributed by atoms with van der Waals surface area (Å²) in [6.45, 7) is 2.53. The molecule has 0 aliphatic carbocycles. The molecule has 0 saturated carbocycles. The summed E-state index contributed by atoms with van der Waals surface area (Å²) in [6.07, 6.45) is 0.572. The Balaban J connectivity index is 2.24. The van der Waals surface area contributed by atoms with Crippen LogP contribution in [0.4, 0.5) is 4.39 Å². The van der Waals surface area contributed by atoms with Gasteiger partial charge in [0.05, 0.1) is 7.11 Å². The molecule has 0 radical (unpaired) electrons. The molecular weight excluding hydrogens is 253 g/mol. The van der Waals surface area contributed by atoms with Gasteiger partial charge in [0, 0.05) is 5.92 Å². The van der Waals surface area contributed by atoms with Gasteiger partial charge >= 0.3 is 0 Å². The van der Waals surface area contributed by atoms with Crippen LogP contribution in [0.25, 0.3) is 0 Å². The van der Waals surface area contributed by atoms with E-state index in [1.165, 1.54) is 12.7 Å². The average molecular weight is 273 g/mol. The number of halogens is 1. The quantitative estimate of drug-likeness (QED) is 0.906. The van der Waals surface area contributed by atoms with Crippen molar-refractivity contribution in [2.24, 2.45) is 5.73 Å². The van der Waals surface area contributed by atoms with Crippen LogP contribution in [0, 0.1) is 12.7 Å². The second-order valence-corrected chi connectivity index (χ2v) is 4.98. The summed E-state index contributed by atoms with van der Waals surface area (Å²) in [5, 5.41) is 0. The number of aryl methyl sites for hydroxylation is 1. The number of rotatable bonds is 5. The van der Waals surface area contributed by atoms with Gasteiger partial charge in [0.25, 0.3) is 0 Å². The molecule has 0 aliphatic heterocycles. The predicted molar refractivity (Wildman–Crippen MR) is 79.6 cm³/mol. The fraction of sp³-hybridized carbons (Fsp3) is 0.294. The molecule has 0 aromatic heterocycles. The number of hydrogen-bond acceptors (Lipinski definition) is 2. The zero-order valence-electron chi connectivity index (χ0n) is 11.9. The highest BCUT2D eigenvalue weighted by Crippen LogP contribution is 2.26. The van der Waals surface area contributed by atoms with Crippen molar-refractivity contribution in [2.75, 3.05) is 13.7 Å². The lowest BCUT2D eigenvalue weighted by atomic mass is 9.91. The number of benzene rings is 2. The van der Waals surface area contributed by atoms with Crippen molar-refractivity contribution < 1.29 is 9.13 Å². The van der Waals surface area contributed by atoms with E-state index in [0.29, 0.717) is 18.5 Å². The van der Waals surface area contributed by atoms with E-state index < -0.39 is 0 Å². The molecule has 0 amide bonds. The van der Waals surface area contributed by atoms with Gasteiger partial charge in [-0.25, -0.2) is 4.39 Å². The Kier molecular flexibility index (Phi) is 4.74. The second-order valence-electron chi connectivity index (χ2n) is 4.98. The number of ether oxygens (including phenoxy) is 1.